The summed E-state index contributed by atoms with van der Waals surface area (Å²) in [5, 5.41) is 8.20. The second kappa shape index (κ2) is 35.6. The average Bonchev–Trinajstić information content (AvgIpc) is 1.44. The molecular formula is C74H114ClF3N12O12. The van der Waals surface area contributed by atoms with Gasteiger partial charge in [0.1, 0.15) is 47.8 Å². The summed E-state index contributed by atoms with van der Waals surface area (Å²) in [5.41, 5.74) is -2.64. The van der Waals surface area contributed by atoms with Gasteiger partial charge in [0.05, 0.1) is 36.6 Å². The van der Waals surface area contributed by atoms with Crippen molar-refractivity contribution in [3.05, 3.63) is 34.3 Å². The van der Waals surface area contributed by atoms with E-state index < -0.39 is 173 Å². The third kappa shape index (κ3) is 20.5. The number of benzene rings is 1. The van der Waals surface area contributed by atoms with E-state index in [0.29, 0.717) is 63.6 Å². The quantitative estimate of drug-likeness (QED) is 0.210. The van der Waals surface area contributed by atoms with E-state index in [0.717, 1.165) is 78.2 Å². The minimum absolute atomic E-state index is 0.0183. The van der Waals surface area contributed by atoms with Crippen molar-refractivity contribution in [1.29, 1.82) is 0 Å². The van der Waals surface area contributed by atoms with Gasteiger partial charge in [-0.15, -0.1) is 0 Å². The molecule has 570 valence electrons. The lowest BCUT2D eigenvalue weighted by atomic mass is 9.81. The number of likely N-dealkylation sites (N-methyl/N-ethyl adjacent to an activating group) is 7. The second-order valence-electron chi connectivity index (χ2n) is 31.5. The molecule has 3 saturated carbocycles. The van der Waals surface area contributed by atoms with Gasteiger partial charge in [0.2, 0.25) is 70.9 Å². The molecule has 12 amide bonds. The third-order valence-corrected chi connectivity index (χ3v) is 23.0. The maximum Gasteiger partial charge on any atom is 0.417 e. The van der Waals surface area contributed by atoms with Gasteiger partial charge in [-0.05, 0) is 117 Å². The molecule has 0 aromatic heterocycles. The molecule has 8 atom stereocenters. The summed E-state index contributed by atoms with van der Waals surface area (Å²) in [6.45, 7) is 10.4. The van der Waals surface area contributed by atoms with Crippen molar-refractivity contribution in [1.82, 2.24) is 60.0 Å². The molecule has 24 nitrogen and oxygen atoms in total. The van der Waals surface area contributed by atoms with Crippen LogP contribution in [0.5, 0.6) is 0 Å². The van der Waals surface area contributed by atoms with Gasteiger partial charge >= 0.3 is 6.18 Å². The highest BCUT2D eigenvalue weighted by atomic mass is 35.5. The average molecular weight is 1460 g/mol. The Balaban J connectivity index is 1.30. The number of amides is 12. The molecule has 28 heteroatoms. The molecule has 0 radical (unpaired) electrons. The number of aryl methyl sites for hydroxylation is 1. The topological polar surface area (TPSA) is 270 Å². The third-order valence-electron chi connectivity index (χ3n) is 22.7. The SMILES string of the molecule is CC[C@H](C)[C@@H]1NC(=O)[C@H](CC(C)C)N(C)C(=O)C[C@@H](C(=O)N2CCC(C)(C)C2)N(C)C(=O)[C@H](C2CCCCC2)N(C)C(=O)C2(CCCC2)NC(=O)C2CCCN2C(=O)[C@H](CCc2ccc(C(F)(F)F)c(Cl)c2)NC(=O)CN(C)C(=O)[C@H](CC2CCCCC2)N(C)C(=O)CN(C)C(=O)CN(C)C1=O. The number of alkyl halides is 3. The number of hydrogen-bond acceptors (Lipinski definition) is 12. The molecular weight excluding hydrogens is 1340 g/mol. The van der Waals surface area contributed by atoms with Crippen LogP contribution < -0.4 is 16.0 Å². The highest BCUT2D eigenvalue weighted by molar-refractivity contribution is 6.31. The largest absolute Gasteiger partial charge is 0.417 e. The van der Waals surface area contributed by atoms with Crippen LogP contribution in [0.3, 0.4) is 0 Å². The smallest absolute Gasteiger partial charge is 0.343 e. The zero-order valence-corrected chi connectivity index (χ0v) is 63.3. The van der Waals surface area contributed by atoms with Crippen molar-refractivity contribution in [2.45, 2.75) is 243 Å². The van der Waals surface area contributed by atoms with Gasteiger partial charge in [-0.1, -0.05) is 130 Å². The Hall–Kier alpha value is -7.06. The van der Waals surface area contributed by atoms with Crippen LogP contribution in [0.2, 0.25) is 5.02 Å². The fourth-order valence-electron chi connectivity index (χ4n) is 16.0. The lowest BCUT2D eigenvalue weighted by molar-refractivity contribution is -0.157. The molecule has 1 unspecified atom stereocenters. The number of carbonyl (C=O) groups is 12. The van der Waals surface area contributed by atoms with Crippen LogP contribution in [0, 0.1) is 29.1 Å². The molecule has 1 aromatic rings. The van der Waals surface area contributed by atoms with Crippen LogP contribution in [0.25, 0.3) is 0 Å². The lowest BCUT2D eigenvalue weighted by Crippen LogP contribution is -2.65. The van der Waals surface area contributed by atoms with Crippen LogP contribution in [0.4, 0.5) is 13.2 Å². The van der Waals surface area contributed by atoms with E-state index in [2.05, 4.69) is 16.0 Å². The molecule has 3 aliphatic heterocycles. The van der Waals surface area contributed by atoms with Gasteiger partial charge < -0.3 is 60.0 Å². The first-order valence-electron chi connectivity index (χ1n) is 37.1. The number of likely N-dealkylation sites (tertiary alicyclic amines) is 1. The standard InChI is InChI=1S/C74H114ClF3N12O12/c1-14-47(4)62-69(100)84(9)43-60(93)82(7)44-61(94)86(11)56(40-48-24-17-15-18-25-48)67(98)83(8)42-58(91)79-53(32-30-49-29-31-51(52(75)39-49)74(76,77)78)66(97)90-36-23-28-54(90)65(96)81-73(33-21-22-34-73)71(102)88(13)63(50-26-19-16-20-27-50)70(101)87(12)57(68(99)89-37-35-72(5,6)45-89)41-59(92)85(10)55(38-46(2)3)64(95)80-62/h29,31,39,46-48,50,53-57,62-63H,14-28,30,32-38,40-45H2,1-13H3,(H,79,91)(H,80,95)(H,81,96)/t47-,53-,54?,55-,56-,57-,62-,63-/m0/s1. The Bertz CT molecular complexity index is 3210. The normalized spacial score (nSPS) is 27.1. The van der Waals surface area contributed by atoms with Gasteiger partial charge in [0.15, 0.2) is 0 Å². The number of rotatable bonds is 11. The fraction of sp³-hybridized carbons (Fsp3) is 0.757. The molecule has 3 N–H and O–H groups in total. The summed E-state index contributed by atoms with van der Waals surface area (Å²) in [6.07, 6.45) is 5.44. The summed E-state index contributed by atoms with van der Waals surface area (Å²) in [6, 6.07) is -5.57. The first kappa shape index (κ1) is 82.2. The highest BCUT2D eigenvalue weighted by Crippen LogP contribution is 2.39. The Morgan fingerprint density at radius 2 is 1.25 bits per heavy atom. The minimum Gasteiger partial charge on any atom is -0.343 e. The van der Waals surface area contributed by atoms with Crippen molar-refractivity contribution in [3.8, 4) is 0 Å². The van der Waals surface area contributed by atoms with Crippen LogP contribution in [0.1, 0.15) is 194 Å². The molecule has 102 heavy (non-hydrogen) atoms. The summed E-state index contributed by atoms with van der Waals surface area (Å²) in [7, 11) is 10.0. The van der Waals surface area contributed by atoms with E-state index in [1.54, 1.807) is 11.8 Å². The van der Waals surface area contributed by atoms with Gasteiger partial charge in [0, 0.05) is 69.0 Å². The predicted octanol–water partition coefficient (Wildman–Crippen LogP) is 6.67. The first-order chi connectivity index (χ1) is 47.9. The van der Waals surface area contributed by atoms with E-state index in [1.807, 2.05) is 34.6 Å². The van der Waals surface area contributed by atoms with Gasteiger partial charge in [-0.3, -0.25) is 57.5 Å². The highest BCUT2D eigenvalue weighted by Gasteiger charge is 2.52. The lowest BCUT2D eigenvalue weighted by Gasteiger charge is -2.43. The Morgan fingerprint density at radius 3 is 1.83 bits per heavy atom. The van der Waals surface area contributed by atoms with Gasteiger partial charge in [0.25, 0.3) is 0 Å². The molecule has 3 saturated heterocycles. The van der Waals surface area contributed by atoms with Crippen LogP contribution in [0.15, 0.2) is 18.2 Å². The Kier molecular flexibility index (Phi) is 28.7. The molecule has 7 rings (SSSR count). The van der Waals surface area contributed by atoms with Crippen LogP contribution in [-0.2, 0) is 70.1 Å². The number of fused-ring (bicyclic) bond motifs is 1. The summed E-state index contributed by atoms with van der Waals surface area (Å²) in [5.74, 6) is -8.75. The molecule has 1 spiro atoms. The maximum atomic E-state index is 15.9. The Labute approximate surface area is 605 Å². The van der Waals surface area contributed by atoms with E-state index in [9.17, 15) is 41.9 Å². The van der Waals surface area contributed by atoms with Gasteiger partial charge in [-0.25, -0.2) is 0 Å². The maximum absolute atomic E-state index is 15.9. The fourth-order valence-corrected chi connectivity index (χ4v) is 16.3. The Morgan fingerprint density at radius 1 is 0.637 bits per heavy atom. The van der Waals surface area contributed by atoms with E-state index in [4.69, 9.17) is 11.6 Å². The van der Waals surface area contributed by atoms with E-state index in [-0.39, 0.29) is 68.7 Å². The molecule has 3 heterocycles. The van der Waals surface area contributed by atoms with E-state index in [1.165, 1.54) is 79.9 Å². The molecule has 0 bridgehead atoms. The summed E-state index contributed by atoms with van der Waals surface area (Å²) in [4.78, 5) is 192. The number of hydrogen-bond donors (Lipinski definition) is 3. The second-order valence-corrected chi connectivity index (χ2v) is 31.9. The monoisotopic (exact) mass is 1450 g/mol. The molecule has 6 aliphatic rings. The predicted molar refractivity (Wildman–Crippen MR) is 378 cm³/mol. The summed E-state index contributed by atoms with van der Waals surface area (Å²) < 4.78 is 41.7. The number of halogens is 4. The minimum atomic E-state index is -4.76. The van der Waals surface area contributed by atoms with Crippen molar-refractivity contribution < 1.29 is 70.7 Å². The number of carbonyl (C=O) groups excluding carboxylic acids is 12. The van der Waals surface area contributed by atoms with Gasteiger partial charge in [-0.2, -0.15) is 13.2 Å². The zero-order chi connectivity index (χ0) is 75.5. The van der Waals surface area contributed by atoms with Crippen molar-refractivity contribution in [2.24, 2.45) is 29.1 Å². The number of nitrogens with zero attached hydrogens (tertiary/aromatic N) is 9. The zero-order valence-electron chi connectivity index (χ0n) is 62.5. The molecule has 3 aliphatic carbocycles. The first-order valence-corrected chi connectivity index (χ1v) is 37.4. The summed E-state index contributed by atoms with van der Waals surface area (Å²) >= 11 is 6.17. The van der Waals surface area contributed by atoms with Crippen LogP contribution >= 0.6 is 11.6 Å². The van der Waals surface area contributed by atoms with Crippen LogP contribution in [-0.4, -0.2) is 251 Å². The molecule has 1 aromatic carbocycles. The van der Waals surface area contributed by atoms with Crippen molar-refractivity contribution in [2.75, 3.05) is 88.6 Å². The molecule has 6 fully saturated rings. The number of nitrogens with one attached hydrogen (secondary N) is 3. The van der Waals surface area contributed by atoms with E-state index >= 15 is 28.8 Å². The van der Waals surface area contributed by atoms with Crippen molar-refractivity contribution >= 4 is 82.5 Å². The van der Waals surface area contributed by atoms with Crippen molar-refractivity contribution in [3.63, 3.8) is 0 Å².